The molecule has 0 saturated carbocycles. The number of ether oxygens (including phenoxy) is 1. The van der Waals surface area contributed by atoms with Crippen LogP contribution in [0.25, 0.3) is 0 Å². The van der Waals surface area contributed by atoms with Gasteiger partial charge in [-0.15, -0.1) is 0 Å². The Hall–Kier alpha value is -1.06. The average Bonchev–Trinajstić information content (AvgIpc) is 2.25. The average molecular weight is 236 g/mol. The standard InChI is InChI=1S/C14H24N2O/c1-9-7-13(17-6)12(14(3,4)5)8-11(9)10(2)16-15/h7-8,10,16H,15H2,1-6H3. The first kappa shape index (κ1) is 14.0. The Morgan fingerprint density at radius 1 is 1.29 bits per heavy atom. The van der Waals surface area contributed by atoms with Crippen LogP contribution in [0.15, 0.2) is 12.1 Å². The highest BCUT2D eigenvalue weighted by molar-refractivity contribution is 5.46. The van der Waals surface area contributed by atoms with Gasteiger partial charge >= 0.3 is 0 Å². The maximum absolute atomic E-state index is 5.52. The van der Waals surface area contributed by atoms with Gasteiger partial charge in [-0.25, -0.2) is 0 Å². The molecule has 96 valence electrons. The summed E-state index contributed by atoms with van der Waals surface area (Å²) in [6.45, 7) is 10.7. The summed E-state index contributed by atoms with van der Waals surface area (Å²) < 4.78 is 5.47. The van der Waals surface area contributed by atoms with Crippen molar-refractivity contribution in [2.45, 2.75) is 46.1 Å². The van der Waals surface area contributed by atoms with Gasteiger partial charge in [-0.3, -0.25) is 11.3 Å². The van der Waals surface area contributed by atoms with Crippen molar-refractivity contribution in [3.05, 3.63) is 28.8 Å². The highest BCUT2D eigenvalue weighted by Crippen LogP contribution is 2.35. The molecule has 0 saturated heterocycles. The van der Waals surface area contributed by atoms with Crippen LogP contribution in [0.2, 0.25) is 0 Å². The van der Waals surface area contributed by atoms with Gasteiger partial charge in [-0.1, -0.05) is 20.8 Å². The first-order valence-corrected chi connectivity index (χ1v) is 5.96. The van der Waals surface area contributed by atoms with Crippen LogP contribution in [-0.2, 0) is 5.41 Å². The first-order chi connectivity index (χ1) is 7.81. The maximum Gasteiger partial charge on any atom is 0.122 e. The van der Waals surface area contributed by atoms with E-state index in [2.05, 4.69) is 52.2 Å². The zero-order chi connectivity index (χ0) is 13.2. The van der Waals surface area contributed by atoms with Crippen LogP contribution in [0.5, 0.6) is 5.75 Å². The second-order valence-corrected chi connectivity index (χ2v) is 5.55. The monoisotopic (exact) mass is 236 g/mol. The van der Waals surface area contributed by atoms with E-state index in [1.165, 1.54) is 16.7 Å². The quantitative estimate of drug-likeness (QED) is 0.626. The molecule has 0 aliphatic heterocycles. The van der Waals surface area contributed by atoms with E-state index < -0.39 is 0 Å². The van der Waals surface area contributed by atoms with Crippen molar-refractivity contribution in [2.75, 3.05) is 7.11 Å². The summed E-state index contributed by atoms with van der Waals surface area (Å²) in [5, 5.41) is 0. The van der Waals surface area contributed by atoms with Gasteiger partial charge in [-0.2, -0.15) is 0 Å². The van der Waals surface area contributed by atoms with E-state index in [1.54, 1.807) is 7.11 Å². The van der Waals surface area contributed by atoms with Crippen LogP contribution in [0.1, 0.15) is 50.4 Å². The van der Waals surface area contributed by atoms with E-state index in [0.29, 0.717) is 0 Å². The van der Waals surface area contributed by atoms with Crippen molar-refractivity contribution < 1.29 is 4.74 Å². The summed E-state index contributed by atoms with van der Waals surface area (Å²) >= 11 is 0. The summed E-state index contributed by atoms with van der Waals surface area (Å²) in [5.74, 6) is 6.47. The normalized spacial score (nSPS) is 13.6. The Balaban J connectivity index is 3.38. The molecule has 1 rings (SSSR count). The number of nitrogens with one attached hydrogen (secondary N) is 1. The Morgan fingerprint density at radius 2 is 1.88 bits per heavy atom. The van der Waals surface area contributed by atoms with Crippen molar-refractivity contribution in [1.29, 1.82) is 0 Å². The van der Waals surface area contributed by atoms with Gasteiger partial charge < -0.3 is 4.74 Å². The molecule has 3 N–H and O–H groups in total. The number of hydrogen-bond donors (Lipinski definition) is 2. The number of hydrazine groups is 1. The minimum absolute atomic E-state index is 0.0577. The lowest BCUT2D eigenvalue weighted by atomic mass is 9.83. The molecule has 0 fully saturated rings. The van der Waals surface area contributed by atoms with Crippen LogP contribution in [0, 0.1) is 6.92 Å². The van der Waals surface area contributed by atoms with Crippen molar-refractivity contribution in [3.8, 4) is 5.75 Å². The Kier molecular flexibility index (Phi) is 4.17. The van der Waals surface area contributed by atoms with Crippen LogP contribution >= 0.6 is 0 Å². The van der Waals surface area contributed by atoms with Crippen LogP contribution in [-0.4, -0.2) is 7.11 Å². The van der Waals surface area contributed by atoms with Crippen molar-refractivity contribution >= 4 is 0 Å². The van der Waals surface area contributed by atoms with Gasteiger partial charge in [0.25, 0.3) is 0 Å². The van der Waals surface area contributed by atoms with Gasteiger partial charge in [0.2, 0.25) is 0 Å². The molecule has 0 aliphatic rings. The third-order valence-corrected chi connectivity index (χ3v) is 3.11. The fraction of sp³-hybridized carbons (Fsp3) is 0.571. The molecule has 0 aliphatic carbocycles. The molecule has 3 heteroatoms. The third-order valence-electron chi connectivity index (χ3n) is 3.11. The highest BCUT2D eigenvalue weighted by Gasteiger charge is 2.21. The molecule has 0 radical (unpaired) electrons. The largest absolute Gasteiger partial charge is 0.496 e. The molecular formula is C14H24N2O. The van der Waals surface area contributed by atoms with Crippen molar-refractivity contribution in [3.63, 3.8) is 0 Å². The summed E-state index contributed by atoms with van der Waals surface area (Å²) in [6, 6.07) is 4.42. The summed E-state index contributed by atoms with van der Waals surface area (Å²) in [6.07, 6.45) is 0. The molecular weight excluding hydrogens is 212 g/mol. The Labute approximate surface area is 104 Å². The third kappa shape index (κ3) is 2.99. The van der Waals surface area contributed by atoms with E-state index in [9.17, 15) is 0 Å². The fourth-order valence-electron chi connectivity index (χ4n) is 2.01. The lowest BCUT2D eigenvalue weighted by Gasteiger charge is -2.25. The topological polar surface area (TPSA) is 47.3 Å². The van der Waals surface area contributed by atoms with Crippen molar-refractivity contribution in [1.82, 2.24) is 5.43 Å². The fourth-order valence-corrected chi connectivity index (χ4v) is 2.01. The molecule has 3 nitrogen and oxygen atoms in total. The zero-order valence-corrected chi connectivity index (χ0v) is 11.7. The molecule has 1 aromatic rings. The zero-order valence-electron chi connectivity index (χ0n) is 11.7. The van der Waals surface area contributed by atoms with Gasteiger partial charge in [-0.05, 0) is 48.1 Å². The molecule has 0 spiro atoms. The van der Waals surface area contributed by atoms with E-state index in [0.717, 1.165) is 5.75 Å². The number of aryl methyl sites for hydroxylation is 1. The number of hydrogen-bond acceptors (Lipinski definition) is 3. The predicted octanol–water partition coefficient (Wildman–Crippen LogP) is 2.83. The molecule has 17 heavy (non-hydrogen) atoms. The Bertz CT molecular complexity index is 394. The summed E-state index contributed by atoms with van der Waals surface area (Å²) in [7, 11) is 1.72. The maximum atomic E-state index is 5.52. The van der Waals surface area contributed by atoms with E-state index in [-0.39, 0.29) is 11.5 Å². The summed E-state index contributed by atoms with van der Waals surface area (Å²) in [5.41, 5.74) is 6.48. The number of rotatable bonds is 3. The van der Waals surface area contributed by atoms with Crippen LogP contribution in [0.4, 0.5) is 0 Å². The lowest BCUT2D eigenvalue weighted by Crippen LogP contribution is -2.26. The molecule has 0 aromatic heterocycles. The van der Waals surface area contributed by atoms with Crippen LogP contribution in [0.3, 0.4) is 0 Å². The SMILES string of the molecule is COc1cc(C)c(C(C)NN)cc1C(C)(C)C. The molecule has 1 atom stereocenters. The number of benzene rings is 1. The van der Waals surface area contributed by atoms with Gasteiger partial charge in [0, 0.05) is 6.04 Å². The molecule has 0 amide bonds. The van der Waals surface area contributed by atoms with Gasteiger partial charge in [0.05, 0.1) is 7.11 Å². The molecule has 1 aromatic carbocycles. The highest BCUT2D eigenvalue weighted by atomic mass is 16.5. The first-order valence-electron chi connectivity index (χ1n) is 5.96. The minimum Gasteiger partial charge on any atom is -0.496 e. The smallest absolute Gasteiger partial charge is 0.122 e. The van der Waals surface area contributed by atoms with Crippen molar-refractivity contribution in [2.24, 2.45) is 5.84 Å². The second kappa shape index (κ2) is 5.07. The predicted molar refractivity (Wildman–Crippen MR) is 72.2 cm³/mol. The van der Waals surface area contributed by atoms with E-state index >= 15 is 0 Å². The Morgan fingerprint density at radius 3 is 2.29 bits per heavy atom. The molecule has 1 unspecified atom stereocenters. The minimum atomic E-state index is 0.0577. The lowest BCUT2D eigenvalue weighted by molar-refractivity contribution is 0.396. The molecule has 0 heterocycles. The summed E-state index contributed by atoms with van der Waals surface area (Å²) in [4.78, 5) is 0. The molecule has 0 bridgehead atoms. The van der Waals surface area contributed by atoms with E-state index in [4.69, 9.17) is 10.6 Å². The number of nitrogens with two attached hydrogens (primary N) is 1. The van der Waals surface area contributed by atoms with E-state index in [1.807, 2.05) is 0 Å². The number of methoxy groups -OCH3 is 1. The second-order valence-electron chi connectivity index (χ2n) is 5.55. The van der Waals surface area contributed by atoms with Gasteiger partial charge in [0.1, 0.15) is 5.75 Å². The van der Waals surface area contributed by atoms with Crippen LogP contribution < -0.4 is 16.0 Å². The van der Waals surface area contributed by atoms with Gasteiger partial charge in [0.15, 0.2) is 0 Å².